The van der Waals surface area contributed by atoms with Crippen molar-refractivity contribution >= 4 is 28.4 Å². The fraction of sp³-hybridized carbons (Fsp3) is 0.471. The smallest absolute Gasteiger partial charge is 0.352 e. The molecular formula is C17H18F3N3OS. The van der Waals surface area contributed by atoms with Crippen molar-refractivity contribution in [1.82, 2.24) is 15.5 Å². The number of hydrogen-bond acceptors (Lipinski definition) is 4. The molecule has 4 nitrogen and oxygen atoms in total. The molecule has 1 amide bonds. The van der Waals surface area contributed by atoms with Gasteiger partial charge in [-0.15, -0.1) is 5.10 Å². The molecule has 1 aromatic heterocycles. The van der Waals surface area contributed by atoms with Crippen LogP contribution >= 0.6 is 11.8 Å². The SMILES string of the molecule is O=C(CSc1nncc2ccccc12)N[C@H]1CCCC[C@@H]1C(F)(F)F. The molecule has 2 aromatic rings. The predicted octanol–water partition coefficient (Wildman–Crippen LogP) is 3.96. The standard InChI is InChI=1S/C17H18F3N3OS/c18-17(19,20)13-7-3-4-8-14(13)22-15(24)10-25-16-12-6-2-1-5-11(12)9-21-23-16/h1-2,5-6,9,13-14H,3-4,7-8,10H2,(H,22,24)/t13-,14-/m0/s1. The Morgan fingerprint density at radius 1 is 1.24 bits per heavy atom. The number of carbonyl (C=O) groups is 1. The molecule has 0 radical (unpaired) electrons. The zero-order valence-electron chi connectivity index (χ0n) is 13.4. The molecule has 25 heavy (non-hydrogen) atoms. The van der Waals surface area contributed by atoms with Gasteiger partial charge in [0, 0.05) is 16.8 Å². The summed E-state index contributed by atoms with van der Waals surface area (Å²) < 4.78 is 39.3. The number of amides is 1. The first-order chi connectivity index (χ1) is 11.9. The quantitative estimate of drug-likeness (QED) is 0.829. The molecule has 134 valence electrons. The van der Waals surface area contributed by atoms with Crippen molar-refractivity contribution in [2.24, 2.45) is 5.92 Å². The van der Waals surface area contributed by atoms with E-state index >= 15 is 0 Å². The number of rotatable bonds is 4. The highest BCUT2D eigenvalue weighted by atomic mass is 32.2. The lowest BCUT2D eigenvalue weighted by molar-refractivity contribution is -0.189. The minimum Gasteiger partial charge on any atom is -0.352 e. The second-order valence-corrected chi connectivity index (χ2v) is 7.10. The van der Waals surface area contributed by atoms with Crippen LogP contribution in [0, 0.1) is 5.92 Å². The van der Waals surface area contributed by atoms with Crippen molar-refractivity contribution in [3.8, 4) is 0 Å². The van der Waals surface area contributed by atoms with E-state index in [1.165, 1.54) is 11.8 Å². The second kappa shape index (κ2) is 7.59. The maximum atomic E-state index is 13.1. The molecule has 1 aliphatic carbocycles. The van der Waals surface area contributed by atoms with Crippen molar-refractivity contribution in [3.05, 3.63) is 30.5 Å². The Morgan fingerprint density at radius 3 is 2.80 bits per heavy atom. The third-order valence-corrected chi connectivity index (χ3v) is 5.39. The van der Waals surface area contributed by atoms with E-state index in [1.807, 2.05) is 24.3 Å². The van der Waals surface area contributed by atoms with Crippen LogP contribution in [-0.4, -0.2) is 34.1 Å². The Balaban J connectivity index is 1.62. The molecule has 0 aliphatic heterocycles. The van der Waals surface area contributed by atoms with Gasteiger partial charge in [0.15, 0.2) is 0 Å². The summed E-state index contributed by atoms with van der Waals surface area (Å²) in [5.74, 6) is -1.84. The Kier molecular flexibility index (Phi) is 5.46. The van der Waals surface area contributed by atoms with Gasteiger partial charge in [-0.1, -0.05) is 48.9 Å². The average Bonchev–Trinajstić information content (AvgIpc) is 2.59. The molecular weight excluding hydrogens is 351 g/mol. The van der Waals surface area contributed by atoms with Crippen molar-refractivity contribution in [3.63, 3.8) is 0 Å². The highest BCUT2D eigenvalue weighted by molar-refractivity contribution is 8.00. The molecule has 3 rings (SSSR count). The van der Waals surface area contributed by atoms with Crippen LogP contribution in [0.4, 0.5) is 13.2 Å². The molecule has 1 N–H and O–H groups in total. The molecule has 1 saturated carbocycles. The van der Waals surface area contributed by atoms with Crippen LogP contribution < -0.4 is 5.32 Å². The van der Waals surface area contributed by atoms with Gasteiger partial charge in [0.1, 0.15) is 5.03 Å². The summed E-state index contributed by atoms with van der Waals surface area (Å²) in [6.45, 7) is 0. The predicted molar refractivity (Wildman–Crippen MR) is 90.2 cm³/mol. The largest absolute Gasteiger partial charge is 0.393 e. The third kappa shape index (κ3) is 4.42. The summed E-state index contributed by atoms with van der Waals surface area (Å²) in [6.07, 6.45) is -0.927. The number of nitrogens with one attached hydrogen (secondary N) is 1. The minimum absolute atomic E-state index is 0.0176. The van der Waals surface area contributed by atoms with Gasteiger partial charge >= 0.3 is 6.18 Å². The van der Waals surface area contributed by atoms with Crippen molar-refractivity contribution in [2.75, 3.05) is 5.75 Å². The van der Waals surface area contributed by atoms with E-state index in [-0.39, 0.29) is 12.2 Å². The van der Waals surface area contributed by atoms with Crippen LogP contribution in [-0.2, 0) is 4.79 Å². The summed E-state index contributed by atoms with van der Waals surface area (Å²) in [4.78, 5) is 12.1. The number of hydrogen-bond donors (Lipinski definition) is 1. The number of fused-ring (bicyclic) bond motifs is 1. The summed E-state index contributed by atoms with van der Waals surface area (Å²) in [5, 5.41) is 12.9. The van der Waals surface area contributed by atoms with Gasteiger partial charge < -0.3 is 5.32 Å². The van der Waals surface area contributed by atoms with Crippen LogP contribution in [0.15, 0.2) is 35.5 Å². The summed E-state index contributed by atoms with van der Waals surface area (Å²) in [7, 11) is 0. The first kappa shape index (κ1) is 18.0. The van der Waals surface area contributed by atoms with E-state index in [0.29, 0.717) is 24.3 Å². The van der Waals surface area contributed by atoms with Gasteiger partial charge in [-0.05, 0) is 12.8 Å². The number of halogens is 3. The van der Waals surface area contributed by atoms with Gasteiger partial charge in [-0.2, -0.15) is 18.3 Å². The number of aromatic nitrogens is 2. The first-order valence-corrected chi connectivity index (χ1v) is 9.13. The molecule has 0 spiro atoms. The van der Waals surface area contributed by atoms with Crippen LogP contribution in [0.2, 0.25) is 0 Å². The maximum Gasteiger partial charge on any atom is 0.393 e. The maximum absolute atomic E-state index is 13.1. The number of carbonyl (C=O) groups excluding carboxylic acids is 1. The average molecular weight is 369 g/mol. The van der Waals surface area contributed by atoms with Gasteiger partial charge in [-0.25, -0.2) is 0 Å². The number of benzene rings is 1. The highest BCUT2D eigenvalue weighted by Gasteiger charge is 2.45. The first-order valence-electron chi connectivity index (χ1n) is 8.14. The monoisotopic (exact) mass is 369 g/mol. The molecule has 2 atom stereocenters. The van der Waals surface area contributed by atoms with E-state index in [1.54, 1.807) is 6.20 Å². The fourth-order valence-corrected chi connectivity index (χ4v) is 3.98. The summed E-state index contributed by atoms with van der Waals surface area (Å²) in [6, 6.07) is 6.69. The van der Waals surface area contributed by atoms with E-state index in [2.05, 4.69) is 15.5 Å². The van der Waals surface area contributed by atoms with Crippen molar-refractivity contribution < 1.29 is 18.0 Å². The number of nitrogens with zero attached hydrogens (tertiary/aromatic N) is 2. The van der Waals surface area contributed by atoms with E-state index < -0.39 is 24.0 Å². The molecule has 0 bridgehead atoms. The third-order valence-electron chi connectivity index (χ3n) is 4.41. The fourth-order valence-electron chi connectivity index (χ4n) is 3.19. The normalized spacial score (nSPS) is 21.2. The molecule has 0 unspecified atom stereocenters. The van der Waals surface area contributed by atoms with Gasteiger partial charge in [0.25, 0.3) is 0 Å². The van der Waals surface area contributed by atoms with Gasteiger partial charge in [-0.3, -0.25) is 4.79 Å². The highest BCUT2D eigenvalue weighted by Crippen LogP contribution is 2.37. The molecule has 1 heterocycles. The van der Waals surface area contributed by atoms with Gasteiger partial charge in [0.05, 0.1) is 17.9 Å². The molecule has 1 aromatic carbocycles. The summed E-state index contributed by atoms with van der Waals surface area (Å²) in [5.41, 5.74) is 0. The molecule has 0 saturated heterocycles. The Labute approximate surface area is 147 Å². The van der Waals surface area contributed by atoms with Crippen LogP contribution in [0.5, 0.6) is 0 Å². The lowest BCUT2D eigenvalue weighted by Crippen LogP contribution is -2.48. The van der Waals surface area contributed by atoms with Crippen LogP contribution in [0.1, 0.15) is 25.7 Å². The zero-order chi connectivity index (χ0) is 17.9. The summed E-state index contributed by atoms with van der Waals surface area (Å²) >= 11 is 1.19. The Hall–Kier alpha value is -1.83. The number of thioether (sulfide) groups is 1. The minimum atomic E-state index is -4.27. The van der Waals surface area contributed by atoms with Gasteiger partial charge in [0.2, 0.25) is 5.91 Å². The molecule has 1 aliphatic rings. The second-order valence-electron chi connectivity index (χ2n) is 6.13. The number of alkyl halides is 3. The molecule has 8 heteroatoms. The zero-order valence-corrected chi connectivity index (χ0v) is 14.2. The van der Waals surface area contributed by atoms with E-state index in [4.69, 9.17) is 0 Å². The van der Waals surface area contributed by atoms with Crippen molar-refractivity contribution in [2.45, 2.75) is 42.9 Å². The topological polar surface area (TPSA) is 54.9 Å². The van der Waals surface area contributed by atoms with E-state index in [9.17, 15) is 18.0 Å². The van der Waals surface area contributed by atoms with E-state index in [0.717, 1.165) is 10.8 Å². The Morgan fingerprint density at radius 2 is 2.00 bits per heavy atom. The Bertz CT molecular complexity index is 748. The van der Waals surface area contributed by atoms with Crippen molar-refractivity contribution in [1.29, 1.82) is 0 Å². The lowest BCUT2D eigenvalue weighted by Gasteiger charge is -2.33. The van der Waals surface area contributed by atoms with Crippen LogP contribution in [0.25, 0.3) is 10.8 Å². The lowest BCUT2D eigenvalue weighted by atomic mass is 9.84. The molecule has 1 fully saturated rings. The van der Waals surface area contributed by atoms with Crippen LogP contribution in [0.3, 0.4) is 0 Å².